The van der Waals surface area contributed by atoms with Gasteiger partial charge in [0.15, 0.2) is 0 Å². The fraction of sp³-hybridized carbons (Fsp3) is 0.308. The van der Waals surface area contributed by atoms with Crippen LogP contribution in [-0.4, -0.2) is 12.9 Å². The molecule has 0 saturated carbocycles. The zero-order valence-corrected chi connectivity index (χ0v) is 8.76. The molecule has 80 valence electrons. The lowest BCUT2D eigenvalue weighted by Gasteiger charge is -2.02. The Hall–Kier alpha value is -1.41. The number of aldehydes is 1. The van der Waals surface area contributed by atoms with Crippen LogP contribution in [0.2, 0.25) is 0 Å². The first kappa shape index (κ1) is 11.7. The van der Waals surface area contributed by atoms with E-state index in [2.05, 4.69) is 0 Å². The predicted molar refractivity (Wildman–Crippen MR) is 60.5 cm³/mol. The number of ether oxygens (including phenoxy) is 1. The summed E-state index contributed by atoms with van der Waals surface area (Å²) < 4.78 is 5.48. The average Bonchev–Trinajstić information content (AvgIpc) is 2.29. The average molecular weight is 204 g/mol. The molecule has 0 bridgehead atoms. The van der Waals surface area contributed by atoms with Gasteiger partial charge in [-0.3, -0.25) is 4.79 Å². The molecule has 0 aliphatic carbocycles. The summed E-state index contributed by atoms with van der Waals surface area (Å²) >= 11 is 0. The maximum atomic E-state index is 9.96. The fourth-order valence-corrected chi connectivity index (χ4v) is 1.22. The van der Waals surface area contributed by atoms with Crippen LogP contribution in [0.1, 0.15) is 18.4 Å². The second-order valence-corrected chi connectivity index (χ2v) is 3.24. The summed E-state index contributed by atoms with van der Waals surface area (Å²) in [4.78, 5) is 9.96. The number of hydrogen-bond acceptors (Lipinski definition) is 2. The van der Waals surface area contributed by atoms with E-state index in [0.717, 1.165) is 25.7 Å². The van der Waals surface area contributed by atoms with Crippen LogP contribution in [0.25, 0.3) is 0 Å². The summed E-state index contributed by atoms with van der Waals surface area (Å²) in [7, 11) is 0. The van der Waals surface area contributed by atoms with Gasteiger partial charge in [-0.25, -0.2) is 0 Å². The molecule has 0 aliphatic heterocycles. The zero-order chi connectivity index (χ0) is 10.8. The third kappa shape index (κ3) is 5.81. The van der Waals surface area contributed by atoms with E-state index in [1.807, 2.05) is 36.4 Å². The maximum absolute atomic E-state index is 9.96. The van der Waals surface area contributed by atoms with E-state index in [1.54, 1.807) is 0 Å². The summed E-state index contributed by atoms with van der Waals surface area (Å²) in [5.41, 5.74) is 1.20. The quantitative estimate of drug-likeness (QED) is 0.388. The van der Waals surface area contributed by atoms with Gasteiger partial charge in [0.2, 0.25) is 0 Å². The van der Waals surface area contributed by atoms with Crippen molar-refractivity contribution in [3.63, 3.8) is 0 Å². The Morgan fingerprint density at radius 3 is 2.73 bits per heavy atom. The summed E-state index contributed by atoms with van der Waals surface area (Å²) in [6.45, 7) is 1.40. The lowest BCUT2D eigenvalue weighted by Crippen LogP contribution is -1.94. The highest BCUT2D eigenvalue weighted by Gasteiger charge is 1.90. The molecule has 0 heterocycles. The van der Waals surface area contributed by atoms with E-state index in [4.69, 9.17) is 4.74 Å². The van der Waals surface area contributed by atoms with Gasteiger partial charge in [0, 0.05) is 6.61 Å². The van der Waals surface area contributed by atoms with Crippen LogP contribution in [0.15, 0.2) is 42.5 Å². The molecule has 0 aliphatic rings. The van der Waals surface area contributed by atoms with Crippen molar-refractivity contribution in [3.05, 3.63) is 48.0 Å². The minimum absolute atomic E-state index is 0.665. The van der Waals surface area contributed by atoms with E-state index in [1.165, 1.54) is 11.6 Å². The van der Waals surface area contributed by atoms with Crippen molar-refractivity contribution >= 4 is 6.29 Å². The first-order valence-electron chi connectivity index (χ1n) is 5.15. The second-order valence-electron chi connectivity index (χ2n) is 3.24. The smallest absolute Gasteiger partial charge is 0.142 e. The van der Waals surface area contributed by atoms with Crippen molar-refractivity contribution < 1.29 is 9.53 Å². The van der Waals surface area contributed by atoms with E-state index in [0.29, 0.717) is 6.61 Å². The van der Waals surface area contributed by atoms with Crippen LogP contribution >= 0.6 is 0 Å². The molecule has 0 amide bonds. The molecule has 0 atom stereocenters. The highest BCUT2D eigenvalue weighted by molar-refractivity contribution is 5.64. The lowest BCUT2D eigenvalue weighted by molar-refractivity contribution is -0.104. The SMILES string of the molecule is O=C/C=C/CCCOCc1ccccc1. The normalized spacial score (nSPS) is 10.7. The molecule has 1 aromatic carbocycles. The topological polar surface area (TPSA) is 26.3 Å². The Kier molecular flexibility index (Phi) is 6.18. The number of carbonyl (C=O) groups excluding carboxylic acids is 1. The summed E-state index contributed by atoms with van der Waals surface area (Å²) in [6, 6.07) is 10.1. The molecule has 0 spiro atoms. The van der Waals surface area contributed by atoms with Crippen LogP contribution in [0.3, 0.4) is 0 Å². The molecule has 1 aromatic rings. The molecule has 2 nitrogen and oxygen atoms in total. The molecule has 0 saturated heterocycles. The molecule has 15 heavy (non-hydrogen) atoms. The number of benzene rings is 1. The molecule has 0 unspecified atom stereocenters. The fourth-order valence-electron chi connectivity index (χ4n) is 1.22. The Balaban J connectivity index is 2.02. The van der Waals surface area contributed by atoms with Gasteiger partial charge in [-0.2, -0.15) is 0 Å². The first-order valence-corrected chi connectivity index (χ1v) is 5.15. The highest BCUT2D eigenvalue weighted by atomic mass is 16.5. The molecular formula is C13H16O2. The van der Waals surface area contributed by atoms with Gasteiger partial charge in [-0.05, 0) is 24.5 Å². The summed E-state index contributed by atoms with van der Waals surface area (Å²) in [6.07, 6.45) is 6.03. The van der Waals surface area contributed by atoms with Crippen molar-refractivity contribution in [1.29, 1.82) is 0 Å². The summed E-state index contributed by atoms with van der Waals surface area (Å²) in [5.74, 6) is 0. The van der Waals surface area contributed by atoms with Gasteiger partial charge in [-0.15, -0.1) is 0 Å². The van der Waals surface area contributed by atoms with Crippen molar-refractivity contribution in [2.45, 2.75) is 19.4 Å². The maximum Gasteiger partial charge on any atom is 0.142 e. The number of allylic oxidation sites excluding steroid dienone is 2. The lowest BCUT2D eigenvalue weighted by atomic mass is 10.2. The van der Waals surface area contributed by atoms with Gasteiger partial charge in [0.05, 0.1) is 6.61 Å². The number of hydrogen-bond donors (Lipinski definition) is 0. The molecule has 1 rings (SSSR count). The molecule has 0 aromatic heterocycles. The van der Waals surface area contributed by atoms with Gasteiger partial charge in [0.25, 0.3) is 0 Å². The standard InChI is InChI=1S/C13H16O2/c14-10-6-1-2-7-11-15-12-13-8-4-3-5-9-13/h1,3-6,8-10H,2,7,11-12H2/b6-1+. The Morgan fingerprint density at radius 1 is 1.20 bits per heavy atom. The second kappa shape index (κ2) is 7.94. The Morgan fingerprint density at radius 2 is 2.00 bits per heavy atom. The van der Waals surface area contributed by atoms with Crippen LogP contribution in [0.5, 0.6) is 0 Å². The third-order valence-electron chi connectivity index (χ3n) is 1.99. The minimum Gasteiger partial charge on any atom is -0.377 e. The van der Waals surface area contributed by atoms with E-state index in [9.17, 15) is 4.79 Å². The Bertz CT molecular complexity index is 291. The van der Waals surface area contributed by atoms with Crippen LogP contribution in [0, 0.1) is 0 Å². The van der Waals surface area contributed by atoms with E-state index in [-0.39, 0.29) is 0 Å². The van der Waals surface area contributed by atoms with Gasteiger partial charge >= 0.3 is 0 Å². The monoisotopic (exact) mass is 204 g/mol. The Labute approximate surface area is 90.6 Å². The zero-order valence-electron chi connectivity index (χ0n) is 8.76. The summed E-state index contributed by atoms with van der Waals surface area (Å²) in [5, 5.41) is 0. The number of rotatable bonds is 7. The largest absolute Gasteiger partial charge is 0.377 e. The van der Waals surface area contributed by atoms with E-state index < -0.39 is 0 Å². The molecule has 2 heteroatoms. The minimum atomic E-state index is 0.665. The van der Waals surface area contributed by atoms with Crippen molar-refractivity contribution in [3.8, 4) is 0 Å². The predicted octanol–water partition coefficient (Wildman–Crippen LogP) is 2.74. The van der Waals surface area contributed by atoms with E-state index >= 15 is 0 Å². The highest BCUT2D eigenvalue weighted by Crippen LogP contribution is 2.01. The molecule has 0 N–H and O–H groups in total. The van der Waals surface area contributed by atoms with Crippen molar-refractivity contribution in [2.75, 3.05) is 6.61 Å². The molecule has 0 fully saturated rings. The first-order chi connectivity index (χ1) is 7.43. The number of unbranched alkanes of at least 4 members (excludes halogenated alkanes) is 1. The van der Waals surface area contributed by atoms with Crippen LogP contribution in [0.4, 0.5) is 0 Å². The van der Waals surface area contributed by atoms with Gasteiger partial charge in [-0.1, -0.05) is 36.4 Å². The third-order valence-corrected chi connectivity index (χ3v) is 1.99. The number of carbonyl (C=O) groups is 1. The molecule has 0 radical (unpaired) electrons. The van der Waals surface area contributed by atoms with Gasteiger partial charge < -0.3 is 4.74 Å². The molecular weight excluding hydrogens is 188 g/mol. The van der Waals surface area contributed by atoms with Crippen LogP contribution < -0.4 is 0 Å². The van der Waals surface area contributed by atoms with Crippen LogP contribution in [-0.2, 0) is 16.1 Å². The van der Waals surface area contributed by atoms with Crippen molar-refractivity contribution in [2.24, 2.45) is 0 Å². The van der Waals surface area contributed by atoms with Crippen molar-refractivity contribution in [1.82, 2.24) is 0 Å². The van der Waals surface area contributed by atoms with Gasteiger partial charge in [0.1, 0.15) is 6.29 Å².